The van der Waals surface area contributed by atoms with Crippen LogP contribution in [0.15, 0.2) is 36.4 Å². The molecule has 0 amide bonds. The third-order valence-electron chi connectivity index (χ3n) is 2.99. The molecule has 0 spiro atoms. The Balaban J connectivity index is 1.96. The molecular formula is C16H12ClNO2S. The van der Waals surface area contributed by atoms with Gasteiger partial charge in [-0.2, -0.15) is 0 Å². The normalized spacial score (nSPS) is 10.8. The van der Waals surface area contributed by atoms with E-state index in [2.05, 4.69) is 4.98 Å². The summed E-state index contributed by atoms with van der Waals surface area (Å²) in [5.74, 6) is 0.630. The lowest BCUT2D eigenvalue weighted by atomic mass is 10.1. The number of rotatable bonds is 3. The number of aromatic nitrogens is 1. The molecule has 3 nitrogen and oxygen atoms in total. The van der Waals surface area contributed by atoms with Crippen LogP contribution in [0.1, 0.15) is 22.8 Å². The molecular weight excluding hydrogens is 306 g/mol. The van der Waals surface area contributed by atoms with Crippen molar-refractivity contribution >= 4 is 38.9 Å². The van der Waals surface area contributed by atoms with Crippen molar-refractivity contribution in [3.63, 3.8) is 0 Å². The number of ether oxygens (including phenoxy) is 1. The highest BCUT2D eigenvalue weighted by Gasteiger charge is 2.09. The van der Waals surface area contributed by atoms with Gasteiger partial charge in [0.2, 0.25) is 0 Å². The van der Waals surface area contributed by atoms with Crippen LogP contribution in [0.2, 0.25) is 5.02 Å². The standard InChI is InChI=1S/C16H12ClNO2S/c1-9-5-11(10(2)19)7-13(6-9)20-16-18-14-8-12(17)3-4-15(14)21-16/h3-8H,1-2H3. The largest absolute Gasteiger partial charge is 0.431 e. The Hall–Kier alpha value is -1.91. The third-order valence-corrected chi connectivity index (χ3v) is 4.14. The van der Waals surface area contributed by atoms with Crippen LogP contribution in [0.25, 0.3) is 10.2 Å². The number of halogens is 1. The molecule has 0 radical (unpaired) electrons. The Bertz CT molecular complexity index is 841. The highest BCUT2D eigenvalue weighted by Crippen LogP contribution is 2.33. The molecule has 0 unspecified atom stereocenters. The first-order valence-corrected chi connectivity index (χ1v) is 7.57. The maximum Gasteiger partial charge on any atom is 0.279 e. The second-order valence-corrected chi connectivity index (χ2v) is 6.21. The summed E-state index contributed by atoms with van der Waals surface area (Å²) in [7, 11) is 0. The minimum atomic E-state index is 0.0135. The number of carbonyl (C=O) groups excluding carboxylic acids is 1. The molecule has 21 heavy (non-hydrogen) atoms. The van der Waals surface area contributed by atoms with Gasteiger partial charge in [0.1, 0.15) is 5.75 Å². The van der Waals surface area contributed by atoms with Crippen LogP contribution in [-0.4, -0.2) is 10.8 Å². The van der Waals surface area contributed by atoms with Crippen molar-refractivity contribution in [3.8, 4) is 10.9 Å². The SMILES string of the molecule is CC(=O)c1cc(C)cc(Oc2nc3cc(Cl)ccc3s2)c1. The smallest absolute Gasteiger partial charge is 0.279 e. The molecule has 5 heteroatoms. The van der Waals surface area contributed by atoms with Crippen LogP contribution in [-0.2, 0) is 0 Å². The molecule has 0 saturated heterocycles. The van der Waals surface area contributed by atoms with Gasteiger partial charge in [-0.1, -0.05) is 22.9 Å². The summed E-state index contributed by atoms with van der Waals surface area (Å²) in [6.45, 7) is 3.47. The Morgan fingerprint density at radius 2 is 2.05 bits per heavy atom. The lowest BCUT2D eigenvalue weighted by Gasteiger charge is -2.05. The van der Waals surface area contributed by atoms with Gasteiger partial charge in [-0.15, -0.1) is 0 Å². The van der Waals surface area contributed by atoms with Gasteiger partial charge in [0, 0.05) is 10.6 Å². The van der Waals surface area contributed by atoms with Gasteiger partial charge >= 0.3 is 0 Å². The Morgan fingerprint density at radius 3 is 2.81 bits per heavy atom. The fraction of sp³-hybridized carbons (Fsp3) is 0.125. The van der Waals surface area contributed by atoms with Gasteiger partial charge in [-0.25, -0.2) is 4.98 Å². The summed E-state index contributed by atoms with van der Waals surface area (Å²) < 4.78 is 6.80. The average Bonchev–Trinajstić information content (AvgIpc) is 2.79. The van der Waals surface area contributed by atoms with Crippen molar-refractivity contribution in [1.29, 1.82) is 0 Å². The number of hydrogen-bond acceptors (Lipinski definition) is 4. The van der Waals surface area contributed by atoms with Crippen molar-refractivity contribution in [3.05, 3.63) is 52.5 Å². The maximum atomic E-state index is 11.5. The summed E-state index contributed by atoms with van der Waals surface area (Å²) in [5, 5.41) is 1.18. The van der Waals surface area contributed by atoms with E-state index in [1.807, 2.05) is 31.2 Å². The lowest BCUT2D eigenvalue weighted by molar-refractivity contribution is 0.101. The Kier molecular flexibility index (Phi) is 3.66. The zero-order valence-corrected chi connectivity index (χ0v) is 13.1. The fourth-order valence-electron chi connectivity index (χ4n) is 2.03. The van der Waals surface area contributed by atoms with Gasteiger partial charge in [-0.3, -0.25) is 4.79 Å². The van der Waals surface area contributed by atoms with Gasteiger partial charge in [0.15, 0.2) is 5.78 Å². The van der Waals surface area contributed by atoms with E-state index in [1.165, 1.54) is 18.3 Å². The first-order valence-electron chi connectivity index (χ1n) is 6.38. The lowest BCUT2D eigenvalue weighted by Crippen LogP contribution is -1.94. The minimum absolute atomic E-state index is 0.0135. The maximum absolute atomic E-state index is 11.5. The summed E-state index contributed by atoms with van der Waals surface area (Å²) in [4.78, 5) is 15.9. The molecule has 0 saturated carbocycles. The predicted octanol–water partition coefficient (Wildman–Crippen LogP) is 5.25. The molecule has 0 aliphatic carbocycles. The van der Waals surface area contributed by atoms with Gasteiger partial charge in [-0.05, 0) is 55.8 Å². The average molecular weight is 318 g/mol. The third kappa shape index (κ3) is 3.06. The molecule has 0 aliphatic heterocycles. The molecule has 1 heterocycles. The fourth-order valence-corrected chi connectivity index (χ4v) is 3.02. The Labute approximate surface area is 131 Å². The molecule has 1 aromatic heterocycles. The van der Waals surface area contributed by atoms with Gasteiger partial charge in [0.05, 0.1) is 10.2 Å². The quantitative estimate of drug-likeness (QED) is 0.619. The molecule has 106 valence electrons. The Morgan fingerprint density at radius 1 is 1.24 bits per heavy atom. The molecule has 0 N–H and O–H groups in total. The van der Waals surface area contributed by atoms with E-state index in [1.54, 1.807) is 12.1 Å². The summed E-state index contributed by atoms with van der Waals surface area (Å²) in [5.41, 5.74) is 2.41. The molecule has 0 fully saturated rings. The van der Waals surface area contributed by atoms with Crippen LogP contribution in [0.4, 0.5) is 0 Å². The van der Waals surface area contributed by atoms with E-state index in [0.29, 0.717) is 21.5 Å². The number of Topliss-reactive ketones (excluding diaryl/α,β-unsaturated/α-hetero) is 1. The van der Waals surface area contributed by atoms with E-state index >= 15 is 0 Å². The van der Waals surface area contributed by atoms with Crippen LogP contribution in [0.3, 0.4) is 0 Å². The highest BCUT2D eigenvalue weighted by atomic mass is 35.5. The van der Waals surface area contributed by atoms with Crippen molar-refractivity contribution in [2.24, 2.45) is 0 Å². The topological polar surface area (TPSA) is 39.2 Å². The zero-order valence-electron chi connectivity index (χ0n) is 11.5. The molecule has 3 aromatic rings. The van der Waals surface area contributed by atoms with Crippen LogP contribution < -0.4 is 4.74 Å². The first kappa shape index (κ1) is 14.0. The zero-order chi connectivity index (χ0) is 15.0. The minimum Gasteiger partial charge on any atom is -0.431 e. The number of hydrogen-bond donors (Lipinski definition) is 0. The number of nitrogens with zero attached hydrogens (tertiary/aromatic N) is 1. The monoisotopic (exact) mass is 317 g/mol. The van der Waals surface area contributed by atoms with Crippen LogP contribution in [0, 0.1) is 6.92 Å². The number of ketones is 1. The number of thiazole rings is 1. The van der Waals surface area contributed by atoms with Crippen molar-refractivity contribution in [2.75, 3.05) is 0 Å². The summed E-state index contributed by atoms with van der Waals surface area (Å²) in [6, 6.07) is 11.0. The second-order valence-electron chi connectivity index (χ2n) is 4.78. The molecule has 0 aliphatic rings. The van der Waals surface area contributed by atoms with E-state index in [4.69, 9.17) is 16.3 Å². The van der Waals surface area contributed by atoms with E-state index in [-0.39, 0.29) is 5.78 Å². The van der Waals surface area contributed by atoms with Crippen molar-refractivity contribution in [2.45, 2.75) is 13.8 Å². The van der Waals surface area contributed by atoms with E-state index in [0.717, 1.165) is 15.8 Å². The first-order chi connectivity index (χ1) is 10.0. The molecule has 0 bridgehead atoms. The van der Waals surface area contributed by atoms with E-state index < -0.39 is 0 Å². The van der Waals surface area contributed by atoms with Crippen LogP contribution >= 0.6 is 22.9 Å². The predicted molar refractivity (Wildman–Crippen MR) is 85.9 cm³/mol. The van der Waals surface area contributed by atoms with E-state index in [9.17, 15) is 4.79 Å². The van der Waals surface area contributed by atoms with Crippen LogP contribution in [0.5, 0.6) is 10.9 Å². The van der Waals surface area contributed by atoms with Gasteiger partial charge in [0.25, 0.3) is 5.19 Å². The number of benzene rings is 2. The summed E-state index contributed by atoms with van der Waals surface area (Å²) in [6.07, 6.45) is 0. The molecule has 3 rings (SSSR count). The number of fused-ring (bicyclic) bond motifs is 1. The van der Waals surface area contributed by atoms with Crippen molar-refractivity contribution < 1.29 is 9.53 Å². The highest BCUT2D eigenvalue weighted by molar-refractivity contribution is 7.20. The molecule has 2 aromatic carbocycles. The summed E-state index contributed by atoms with van der Waals surface area (Å²) >= 11 is 7.39. The van der Waals surface area contributed by atoms with Crippen molar-refractivity contribution in [1.82, 2.24) is 4.98 Å². The van der Waals surface area contributed by atoms with Gasteiger partial charge < -0.3 is 4.74 Å². The number of aryl methyl sites for hydroxylation is 1. The molecule has 0 atom stereocenters. The second kappa shape index (κ2) is 5.47. The number of carbonyl (C=O) groups is 1.